The van der Waals surface area contributed by atoms with Crippen molar-refractivity contribution in [2.45, 2.75) is 20.5 Å². The number of aromatic nitrogens is 2. The summed E-state index contributed by atoms with van der Waals surface area (Å²) in [5.41, 5.74) is 2.13. The highest BCUT2D eigenvalue weighted by Gasteiger charge is 2.12. The van der Waals surface area contributed by atoms with Crippen LogP contribution in [0.3, 0.4) is 0 Å². The summed E-state index contributed by atoms with van der Waals surface area (Å²) in [4.78, 5) is 12.1. The molecule has 0 radical (unpaired) electrons. The number of furan rings is 1. The molecule has 0 aliphatic heterocycles. The molecule has 0 saturated heterocycles. The van der Waals surface area contributed by atoms with Crippen LogP contribution in [0.25, 0.3) is 6.08 Å². The van der Waals surface area contributed by atoms with E-state index in [0.29, 0.717) is 16.5 Å². The van der Waals surface area contributed by atoms with Gasteiger partial charge in [0.1, 0.15) is 23.9 Å². The highest BCUT2D eigenvalue weighted by atomic mass is 35.5. The average molecular weight is 405 g/mol. The molecule has 0 N–H and O–H groups in total. The number of carbonyl (C=O) groups is 1. The maximum Gasteiger partial charge on any atom is 0.207 e. The normalized spacial score (nSPS) is 11.3. The third kappa shape index (κ3) is 4.62. The maximum absolute atomic E-state index is 12.1. The van der Waals surface area contributed by atoms with E-state index in [1.807, 2.05) is 26.0 Å². The van der Waals surface area contributed by atoms with Crippen LogP contribution in [-0.4, -0.2) is 15.6 Å². The van der Waals surface area contributed by atoms with Gasteiger partial charge in [0.05, 0.1) is 5.02 Å². The quantitative estimate of drug-likeness (QED) is 0.406. The Labute approximate surface area is 167 Å². The number of hydrogen-bond acceptors (Lipinski definition) is 4. The molecule has 2 aromatic heterocycles. The number of rotatable bonds is 6. The first kappa shape index (κ1) is 19.3. The molecule has 0 unspecified atom stereocenters. The Morgan fingerprint density at radius 2 is 1.96 bits per heavy atom. The third-order valence-electron chi connectivity index (χ3n) is 3.89. The van der Waals surface area contributed by atoms with Crippen molar-refractivity contribution in [3.63, 3.8) is 0 Å². The Balaban J connectivity index is 1.63. The van der Waals surface area contributed by atoms with Crippen LogP contribution in [-0.2, 0) is 13.7 Å². The largest absolute Gasteiger partial charge is 0.486 e. The number of carbonyl (C=O) groups excluding carboxylic acids is 1. The van der Waals surface area contributed by atoms with E-state index in [1.54, 1.807) is 31.5 Å². The first-order valence-electron chi connectivity index (χ1n) is 8.23. The zero-order valence-corrected chi connectivity index (χ0v) is 16.6. The Morgan fingerprint density at radius 1 is 1.26 bits per heavy atom. The van der Waals surface area contributed by atoms with Gasteiger partial charge in [0, 0.05) is 18.3 Å². The van der Waals surface area contributed by atoms with E-state index in [4.69, 9.17) is 32.4 Å². The molecular weight excluding hydrogens is 387 g/mol. The second-order valence-corrected chi connectivity index (χ2v) is 6.95. The molecular formula is C20H18Cl2N2O3. The van der Waals surface area contributed by atoms with Crippen LogP contribution < -0.4 is 4.74 Å². The molecule has 0 atom stereocenters. The fourth-order valence-corrected chi connectivity index (χ4v) is 2.95. The molecule has 1 aromatic carbocycles. The van der Waals surface area contributed by atoms with Crippen molar-refractivity contribution < 1.29 is 13.9 Å². The molecule has 7 heteroatoms. The predicted molar refractivity (Wildman–Crippen MR) is 106 cm³/mol. The van der Waals surface area contributed by atoms with Crippen molar-refractivity contribution in [3.8, 4) is 5.75 Å². The van der Waals surface area contributed by atoms with E-state index in [2.05, 4.69) is 5.10 Å². The van der Waals surface area contributed by atoms with Gasteiger partial charge in [-0.25, -0.2) is 0 Å². The molecule has 0 aliphatic rings. The summed E-state index contributed by atoms with van der Waals surface area (Å²) in [5, 5.41) is 5.09. The molecule has 0 bridgehead atoms. The van der Waals surface area contributed by atoms with Gasteiger partial charge in [-0.05, 0) is 61.4 Å². The smallest absolute Gasteiger partial charge is 0.207 e. The highest BCUT2D eigenvalue weighted by Crippen LogP contribution is 2.26. The van der Waals surface area contributed by atoms with Crippen molar-refractivity contribution in [1.82, 2.24) is 9.78 Å². The molecule has 5 nitrogen and oxygen atoms in total. The lowest BCUT2D eigenvalue weighted by Crippen LogP contribution is -1.98. The van der Waals surface area contributed by atoms with Gasteiger partial charge < -0.3 is 9.15 Å². The van der Waals surface area contributed by atoms with Crippen molar-refractivity contribution in [2.24, 2.45) is 7.05 Å². The van der Waals surface area contributed by atoms with Crippen LogP contribution in [0, 0.1) is 13.8 Å². The molecule has 0 aliphatic carbocycles. The van der Waals surface area contributed by atoms with Gasteiger partial charge in [0.25, 0.3) is 0 Å². The molecule has 0 saturated carbocycles. The minimum Gasteiger partial charge on any atom is -0.486 e. The SMILES string of the molecule is Cc1cc(OCc2ccc(/C=C/C(=O)c3nn(C)cc3Cl)o2)cc(C)c1Cl. The second kappa shape index (κ2) is 8.03. The van der Waals surface area contributed by atoms with Gasteiger partial charge in [-0.3, -0.25) is 9.48 Å². The Hall–Kier alpha value is -2.50. The number of aryl methyl sites for hydroxylation is 3. The summed E-state index contributed by atoms with van der Waals surface area (Å²) in [5.74, 6) is 1.62. The molecule has 0 amide bonds. The first-order valence-corrected chi connectivity index (χ1v) is 8.99. The van der Waals surface area contributed by atoms with Gasteiger partial charge in [-0.2, -0.15) is 5.10 Å². The monoisotopic (exact) mass is 404 g/mol. The molecule has 0 spiro atoms. The van der Waals surface area contributed by atoms with Gasteiger partial charge >= 0.3 is 0 Å². The summed E-state index contributed by atoms with van der Waals surface area (Å²) < 4.78 is 12.9. The minimum atomic E-state index is -0.290. The van der Waals surface area contributed by atoms with Crippen molar-refractivity contribution in [2.75, 3.05) is 0 Å². The van der Waals surface area contributed by atoms with Gasteiger partial charge in [0.15, 0.2) is 5.69 Å². The van der Waals surface area contributed by atoms with Crippen LogP contribution in [0.2, 0.25) is 10.0 Å². The van der Waals surface area contributed by atoms with Crippen molar-refractivity contribution in [1.29, 1.82) is 0 Å². The van der Waals surface area contributed by atoms with E-state index in [1.165, 1.54) is 10.8 Å². The number of hydrogen-bond donors (Lipinski definition) is 0. The number of ketones is 1. The maximum atomic E-state index is 12.1. The number of ether oxygens (including phenoxy) is 1. The van der Waals surface area contributed by atoms with E-state index in [0.717, 1.165) is 21.9 Å². The topological polar surface area (TPSA) is 57.3 Å². The first-order chi connectivity index (χ1) is 12.8. The summed E-state index contributed by atoms with van der Waals surface area (Å²) >= 11 is 12.1. The highest BCUT2D eigenvalue weighted by molar-refractivity contribution is 6.34. The molecule has 140 valence electrons. The fourth-order valence-electron chi connectivity index (χ4n) is 2.57. The summed E-state index contributed by atoms with van der Waals surface area (Å²) in [7, 11) is 1.70. The standard InChI is InChI=1S/C20H18Cl2N2O3/c1-12-8-16(9-13(2)19(12)22)26-11-15-5-4-14(27-15)6-7-18(25)20-17(21)10-24(3)23-20/h4-10H,11H2,1-3H3/b7-6+. The zero-order valence-electron chi connectivity index (χ0n) is 15.1. The lowest BCUT2D eigenvalue weighted by Gasteiger charge is -2.08. The summed E-state index contributed by atoms with van der Waals surface area (Å²) in [6.07, 6.45) is 4.53. The molecule has 2 heterocycles. The number of allylic oxidation sites excluding steroid dienone is 1. The zero-order chi connectivity index (χ0) is 19.6. The lowest BCUT2D eigenvalue weighted by atomic mass is 10.1. The Morgan fingerprint density at radius 3 is 2.59 bits per heavy atom. The van der Waals surface area contributed by atoms with Crippen LogP contribution >= 0.6 is 23.2 Å². The van der Waals surface area contributed by atoms with Crippen LogP contribution in [0.4, 0.5) is 0 Å². The Bertz CT molecular complexity index is 995. The average Bonchev–Trinajstić information content (AvgIpc) is 3.21. The molecule has 3 aromatic rings. The minimum absolute atomic E-state index is 0.207. The number of nitrogens with zero attached hydrogens (tertiary/aromatic N) is 2. The van der Waals surface area contributed by atoms with Crippen LogP contribution in [0.15, 0.2) is 41.0 Å². The third-order valence-corrected chi connectivity index (χ3v) is 4.76. The van der Waals surface area contributed by atoms with Crippen molar-refractivity contribution >= 4 is 35.1 Å². The van der Waals surface area contributed by atoms with E-state index < -0.39 is 0 Å². The van der Waals surface area contributed by atoms with Gasteiger partial charge in [0.2, 0.25) is 5.78 Å². The number of benzene rings is 1. The van der Waals surface area contributed by atoms with Gasteiger partial charge in [-0.15, -0.1) is 0 Å². The summed E-state index contributed by atoms with van der Waals surface area (Å²) in [6.45, 7) is 4.14. The Kier molecular flexibility index (Phi) is 5.73. The fraction of sp³-hybridized carbons (Fsp3) is 0.200. The summed E-state index contributed by atoms with van der Waals surface area (Å²) in [6, 6.07) is 7.33. The molecule has 27 heavy (non-hydrogen) atoms. The van der Waals surface area contributed by atoms with Crippen LogP contribution in [0.5, 0.6) is 5.75 Å². The molecule has 0 fully saturated rings. The second-order valence-electron chi connectivity index (χ2n) is 6.16. The lowest BCUT2D eigenvalue weighted by molar-refractivity contribution is 0.104. The van der Waals surface area contributed by atoms with E-state index in [-0.39, 0.29) is 18.1 Å². The van der Waals surface area contributed by atoms with Crippen LogP contribution in [0.1, 0.15) is 33.1 Å². The molecule has 3 rings (SSSR count). The number of halogens is 2. The van der Waals surface area contributed by atoms with Crippen molar-refractivity contribution in [3.05, 3.63) is 74.9 Å². The van der Waals surface area contributed by atoms with Gasteiger partial charge in [-0.1, -0.05) is 23.2 Å². The predicted octanol–water partition coefficient (Wildman–Crippen LogP) is 5.41. The van der Waals surface area contributed by atoms with E-state index in [9.17, 15) is 4.79 Å². The van der Waals surface area contributed by atoms with E-state index >= 15 is 0 Å².